The minimum absolute atomic E-state index is 0.164. The van der Waals surface area contributed by atoms with Gasteiger partial charge in [0.1, 0.15) is 5.82 Å². The monoisotopic (exact) mass is 331 g/mol. The number of likely N-dealkylation sites (N-methyl/N-ethyl adjacent to an activating group) is 1. The molecule has 1 aliphatic rings. The highest BCUT2D eigenvalue weighted by molar-refractivity contribution is 7.99. The minimum atomic E-state index is 0.164. The SMILES string of the molecule is CN1CCN(C(=O)CSc2n[nH]c(Cc3ccccc3)n2)CC1. The highest BCUT2D eigenvalue weighted by Crippen LogP contribution is 2.15. The number of thioether (sulfide) groups is 1. The third kappa shape index (κ3) is 4.56. The van der Waals surface area contributed by atoms with Gasteiger partial charge >= 0.3 is 0 Å². The Morgan fingerprint density at radius 2 is 1.96 bits per heavy atom. The summed E-state index contributed by atoms with van der Waals surface area (Å²) in [5, 5.41) is 7.78. The maximum Gasteiger partial charge on any atom is 0.233 e. The third-order valence-corrected chi connectivity index (χ3v) is 4.74. The van der Waals surface area contributed by atoms with Crippen LogP contribution in [0.15, 0.2) is 35.5 Å². The largest absolute Gasteiger partial charge is 0.339 e. The number of carbonyl (C=O) groups is 1. The molecule has 23 heavy (non-hydrogen) atoms. The lowest BCUT2D eigenvalue weighted by atomic mass is 10.1. The topological polar surface area (TPSA) is 65.1 Å². The van der Waals surface area contributed by atoms with Crippen molar-refractivity contribution in [3.8, 4) is 0 Å². The number of hydrogen-bond acceptors (Lipinski definition) is 5. The second-order valence-corrected chi connectivity index (χ2v) is 6.64. The fraction of sp³-hybridized carbons (Fsp3) is 0.438. The Bertz CT molecular complexity index is 637. The van der Waals surface area contributed by atoms with Crippen LogP contribution in [-0.2, 0) is 11.2 Å². The molecule has 0 atom stereocenters. The summed E-state index contributed by atoms with van der Waals surface area (Å²) >= 11 is 1.40. The molecule has 0 saturated carbocycles. The summed E-state index contributed by atoms with van der Waals surface area (Å²) in [5.74, 6) is 1.38. The summed E-state index contributed by atoms with van der Waals surface area (Å²) in [7, 11) is 2.08. The highest BCUT2D eigenvalue weighted by Gasteiger charge is 2.19. The maximum atomic E-state index is 12.2. The molecule has 0 radical (unpaired) electrons. The van der Waals surface area contributed by atoms with E-state index in [2.05, 4.69) is 39.3 Å². The van der Waals surface area contributed by atoms with Gasteiger partial charge in [0.05, 0.1) is 5.75 Å². The average molecular weight is 331 g/mol. The predicted molar refractivity (Wildman–Crippen MR) is 90.4 cm³/mol. The van der Waals surface area contributed by atoms with E-state index in [1.165, 1.54) is 17.3 Å². The normalized spacial score (nSPS) is 15.8. The summed E-state index contributed by atoms with van der Waals surface area (Å²) in [4.78, 5) is 20.8. The Hall–Kier alpha value is -1.86. The van der Waals surface area contributed by atoms with E-state index in [4.69, 9.17) is 0 Å². The van der Waals surface area contributed by atoms with Crippen LogP contribution in [0.5, 0.6) is 0 Å². The third-order valence-electron chi connectivity index (χ3n) is 3.91. The van der Waals surface area contributed by atoms with Gasteiger partial charge in [0.2, 0.25) is 11.1 Å². The second kappa shape index (κ2) is 7.61. The molecule has 2 aromatic rings. The standard InChI is InChI=1S/C16H21N5OS/c1-20-7-9-21(10-8-20)15(22)12-23-16-17-14(18-19-16)11-13-5-3-2-4-6-13/h2-6H,7-12H2,1H3,(H,17,18,19). The van der Waals surface area contributed by atoms with E-state index in [9.17, 15) is 4.79 Å². The number of carbonyl (C=O) groups excluding carboxylic acids is 1. The fourth-order valence-corrected chi connectivity index (χ4v) is 3.20. The summed E-state index contributed by atoms with van der Waals surface area (Å²) in [6, 6.07) is 10.1. The molecule has 0 spiro atoms. The lowest BCUT2D eigenvalue weighted by Gasteiger charge is -2.32. The number of hydrogen-bond donors (Lipinski definition) is 1. The number of aromatic amines is 1. The van der Waals surface area contributed by atoms with Crippen molar-refractivity contribution >= 4 is 17.7 Å². The molecule has 0 unspecified atom stereocenters. The number of H-pyrrole nitrogens is 1. The number of aromatic nitrogens is 3. The van der Waals surface area contributed by atoms with Gasteiger partial charge in [-0.1, -0.05) is 42.1 Å². The molecule has 2 heterocycles. The Labute approximate surface area is 140 Å². The van der Waals surface area contributed by atoms with Crippen molar-refractivity contribution in [1.29, 1.82) is 0 Å². The molecule has 0 bridgehead atoms. The molecule has 1 aromatic heterocycles. The van der Waals surface area contributed by atoms with Gasteiger partial charge in [-0.3, -0.25) is 9.89 Å². The van der Waals surface area contributed by atoms with Gasteiger partial charge in [-0.2, -0.15) is 0 Å². The summed E-state index contributed by atoms with van der Waals surface area (Å²) in [6.07, 6.45) is 0.723. The van der Waals surface area contributed by atoms with Crippen molar-refractivity contribution in [2.24, 2.45) is 0 Å². The maximum absolute atomic E-state index is 12.2. The Morgan fingerprint density at radius 3 is 2.70 bits per heavy atom. The van der Waals surface area contributed by atoms with Crippen molar-refractivity contribution < 1.29 is 4.79 Å². The van der Waals surface area contributed by atoms with Crippen LogP contribution in [0.25, 0.3) is 0 Å². The highest BCUT2D eigenvalue weighted by atomic mass is 32.2. The van der Waals surface area contributed by atoms with Crippen molar-refractivity contribution in [3.63, 3.8) is 0 Å². The average Bonchev–Trinajstić information content (AvgIpc) is 3.02. The number of nitrogens with zero attached hydrogens (tertiary/aromatic N) is 4. The molecular weight excluding hydrogens is 310 g/mol. The van der Waals surface area contributed by atoms with Gasteiger partial charge in [0, 0.05) is 32.6 Å². The van der Waals surface area contributed by atoms with E-state index in [1.54, 1.807) is 0 Å². The van der Waals surface area contributed by atoms with Crippen LogP contribution in [0.2, 0.25) is 0 Å². The number of nitrogens with one attached hydrogen (secondary N) is 1. The summed E-state index contributed by atoms with van der Waals surface area (Å²) < 4.78 is 0. The summed E-state index contributed by atoms with van der Waals surface area (Å²) in [5.41, 5.74) is 1.19. The lowest BCUT2D eigenvalue weighted by molar-refractivity contribution is -0.129. The zero-order valence-electron chi connectivity index (χ0n) is 13.2. The molecule has 1 amide bonds. The van der Waals surface area contributed by atoms with E-state index in [-0.39, 0.29) is 5.91 Å². The first-order chi connectivity index (χ1) is 11.2. The zero-order chi connectivity index (χ0) is 16.1. The molecule has 0 aliphatic carbocycles. The molecule has 3 rings (SSSR count). The van der Waals surface area contributed by atoms with Gasteiger partial charge in [-0.25, -0.2) is 4.98 Å². The van der Waals surface area contributed by atoms with Gasteiger partial charge in [-0.15, -0.1) is 5.10 Å². The molecule has 122 valence electrons. The van der Waals surface area contributed by atoms with Crippen molar-refractivity contribution in [1.82, 2.24) is 25.0 Å². The van der Waals surface area contributed by atoms with Gasteiger partial charge in [0.25, 0.3) is 0 Å². The molecule has 1 saturated heterocycles. The van der Waals surface area contributed by atoms with Crippen molar-refractivity contribution in [2.75, 3.05) is 39.0 Å². The second-order valence-electron chi connectivity index (χ2n) is 5.70. The van der Waals surface area contributed by atoms with E-state index in [1.807, 2.05) is 23.1 Å². The number of rotatable bonds is 5. The number of benzene rings is 1. The fourth-order valence-electron chi connectivity index (χ4n) is 2.48. The van der Waals surface area contributed by atoms with E-state index in [0.29, 0.717) is 10.9 Å². The molecule has 6 nitrogen and oxygen atoms in total. The van der Waals surface area contributed by atoms with Gasteiger partial charge in [-0.05, 0) is 12.6 Å². The number of amides is 1. The minimum Gasteiger partial charge on any atom is -0.339 e. The smallest absolute Gasteiger partial charge is 0.233 e. The Morgan fingerprint density at radius 1 is 1.22 bits per heavy atom. The lowest BCUT2D eigenvalue weighted by Crippen LogP contribution is -2.47. The first-order valence-electron chi connectivity index (χ1n) is 7.75. The van der Waals surface area contributed by atoms with Crippen LogP contribution < -0.4 is 0 Å². The van der Waals surface area contributed by atoms with Crippen LogP contribution in [0.4, 0.5) is 0 Å². The molecule has 1 aliphatic heterocycles. The van der Waals surface area contributed by atoms with Crippen molar-refractivity contribution in [2.45, 2.75) is 11.6 Å². The molecule has 1 fully saturated rings. The van der Waals surface area contributed by atoms with E-state index in [0.717, 1.165) is 38.4 Å². The molecular formula is C16H21N5OS. The molecule has 1 N–H and O–H groups in total. The van der Waals surface area contributed by atoms with Gasteiger partial charge < -0.3 is 9.80 Å². The van der Waals surface area contributed by atoms with Crippen LogP contribution in [-0.4, -0.2) is 69.9 Å². The summed E-state index contributed by atoms with van der Waals surface area (Å²) in [6.45, 7) is 3.50. The molecule has 1 aromatic carbocycles. The van der Waals surface area contributed by atoms with Crippen LogP contribution in [0.1, 0.15) is 11.4 Å². The first kappa shape index (κ1) is 16.0. The van der Waals surface area contributed by atoms with E-state index >= 15 is 0 Å². The predicted octanol–water partition coefficient (Wildman–Crippen LogP) is 1.26. The number of piperazine rings is 1. The van der Waals surface area contributed by atoms with E-state index < -0.39 is 0 Å². The van der Waals surface area contributed by atoms with Crippen LogP contribution in [0.3, 0.4) is 0 Å². The Kier molecular flexibility index (Phi) is 5.30. The first-order valence-corrected chi connectivity index (χ1v) is 8.73. The Balaban J connectivity index is 1.48. The van der Waals surface area contributed by atoms with Crippen molar-refractivity contribution in [3.05, 3.63) is 41.7 Å². The van der Waals surface area contributed by atoms with Crippen LogP contribution >= 0.6 is 11.8 Å². The van der Waals surface area contributed by atoms with Gasteiger partial charge in [0.15, 0.2) is 0 Å². The zero-order valence-corrected chi connectivity index (χ0v) is 14.1. The van der Waals surface area contributed by atoms with Crippen LogP contribution in [0, 0.1) is 0 Å². The quantitative estimate of drug-likeness (QED) is 0.836. The molecule has 7 heteroatoms.